The third kappa shape index (κ3) is 6.36. The molecule has 0 bridgehead atoms. The third-order valence-electron chi connectivity index (χ3n) is 7.28. The van der Waals surface area contributed by atoms with Gasteiger partial charge in [0.1, 0.15) is 24.8 Å². The monoisotopic (exact) mass is 649 g/mol. The number of allylic oxidation sites excluding steroid dienone is 2. The zero-order valence-electron chi connectivity index (χ0n) is 23.8. The number of hydrogen-bond acceptors (Lipinski definition) is 11. The van der Waals surface area contributed by atoms with E-state index in [0.717, 1.165) is 28.9 Å². The standard InChI is InChI=1S/C29H29F2N3O8S2/c1-18(42-29(37)41-14-15-44(2,38)39)26-28(36)32-11-13-40-16-24(32)34(33(26)10-5-12-35)27-19-8-9-22(30)25(31)21(19)17-43-23-7-4-3-6-20(23)27/h3-10,12,24,27H,11,13-17H2,1-2H3/b10-5-,26-18+/t24-,27+/m1/s1. The number of hydrazine groups is 1. The fraction of sp³-hybridized carbons (Fsp3) is 0.345. The number of ether oxygens (including phenoxy) is 3. The van der Waals surface area contributed by atoms with E-state index in [1.54, 1.807) is 5.01 Å². The van der Waals surface area contributed by atoms with Gasteiger partial charge >= 0.3 is 6.16 Å². The van der Waals surface area contributed by atoms with Gasteiger partial charge in [0.25, 0.3) is 5.91 Å². The molecule has 234 valence electrons. The molecule has 2 fully saturated rings. The molecular weight excluding hydrogens is 620 g/mol. The predicted octanol–water partition coefficient (Wildman–Crippen LogP) is 3.52. The zero-order valence-corrected chi connectivity index (χ0v) is 25.4. The molecular formula is C29H29F2N3O8S2. The number of carbonyl (C=O) groups excluding carboxylic acids is 3. The highest BCUT2D eigenvalue weighted by atomic mass is 32.2. The van der Waals surface area contributed by atoms with Crippen molar-refractivity contribution in [2.24, 2.45) is 0 Å². The molecule has 3 aliphatic rings. The molecule has 0 N–H and O–H groups in total. The molecule has 0 unspecified atom stereocenters. The lowest BCUT2D eigenvalue weighted by Crippen LogP contribution is -2.67. The molecule has 2 saturated heterocycles. The first-order chi connectivity index (χ1) is 21.0. The van der Waals surface area contributed by atoms with Crippen LogP contribution in [0, 0.1) is 11.6 Å². The van der Waals surface area contributed by atoms with Crippen molar-refractivity contribution in [1.29, 1.82) is 0 Å². The summed E-state index contributed by atoms with van der Waals surface area (Å²) in [4.78, 5) is 40.4. The largest absolute Gasteiger partial charge is 0.513 e. The Morgan fingerprint density at radius 2 is 1.95 bits per heavy atom. The lowest BCUT2D eigenvalue weighted by atomic mass is 9.93. The lowest BCUT2D eigenvalue weighted by molar-refractivity contribution is -0.189. The van der Waals surface area contributed by atoms with Crippen molar-refractivity contribution in [3.05, 3.63) is 88.5 Å². The molecule has 2 aromatic rings. The van der Waals surface area contributed by atoms with Crippen molar-refractivity contribution in [3.8, 4) is 0 Å². The number of carbonyl (C=O) groups is 3. The van der Waals surface area contributed by atoms with Crippen LogP contribution in [0.15, 0.2) is 65.0 Å². The molecule has 44 heavy (non-hydrogen) atoms. The van der Waals surface area contributed by atoms with Crippen LogP contribution in [0.5, 0.6) is 0 Å². The molecule has 0 aliphatic carbocycles. The van der Waals surface area contributed by atoms with E-state index in [1.165, 1.54) is 40.9 Å². The van der Waals surface area contributed by atoms with Crippen LogP contribution in [0.2, 0.25) is 0 Å². The smallest absolute Gasteiger partial charge is 0.433 e. The van der Waals surface area contributed by atoms with Gasteiger partial charge in [0.2, 0.25) is 0 Å². The highest BCUT2D eigenvalue weighted by molar-refractivity contribution is 7.98. The van der Waals surface area contributed by atoms with Crippen molar-refractivity contribution in [2.75, 3.05) is 38.4 Å². The number of halogens is 2. The van der Waals surface area contributed by atoms with E-state index in [-0.39, 0.29) is 42.5 Å². The average Bonchev–Trinajstić information content (AvgIpc) is 3.14. The summed E-state index contributed by atoms with van der Waals surface area (Å²) in [6.45, 7) is 1.31. The maximum Gasteiger partial charge on any atom is 0.513 e. The molecule has 5 rings (SSSR count). The fourth-order valence-corrected chi connectivity index (χ4v) is 6.85. The van der Waals surface area contributed by atoms with Crippen LogP contribution in [0.3, 0.4) is 0 Å². The Bertz CT molecular complexity index is 1650. The molecule has 0 radical (unpaired) electrons. The number of aldehydes is 1. The predicted molar refractivity (Wildman–Crippen MR) is 154 cm³/mol. The quantitative estimate of drug-likeness (QED) is 0.190. The van der Waals surface area contributed by atoms with Crippen LogP contribution in [0.1, 0.15) is 29.7 Å². The molecule has 11 nitrogen and oxygen atoms in total. The first-order valence-electron chi connectivity index (χ1n) is 13.5. The highest BCUT2D eigenvalue weighted by Crippen LogP contribution is 2.47. The summed E-state index contributed by atoms with van der Waals surface area (Å²) in [6.07, 6.45) is 1.94. The number of morpholine rings is 1. The minimum Gasteiger partial charge on any atom is -0.433 e. The molecule has 1 amide bonds. The van der Waals surface area contributed by atoms with E-state index in [1.807, 2.05) is 24.3 Å². The number of rotatable bonds is 7. The summed E-state index contributed by atoms with van der Waals surface area (Å²) < 4.78 is 68.8. The van der Waals surface area contributed by atoms with Gasteiger partial charge in [-0.2, -0.15) is 5.01 Å². The van der Waals surface area contributed by atoms with E-state index < -0.39 is 58.1 Å². The normalized spacial score (nSPS) is 21.7. The van der Waals surface area contributed by atoms with Gasteiger partial charge in [-0.15, -0.1) is 11.8 Å². The first-order valence-corrected chi connectivity index (χ1v) is 16.6. The number of hydrogen-bond donors (Lipinski definition) is 0. The van der Waals surface area contributed by atoms with Gasteiger partial charge in [-0.05, 0) is 36.3 Å². The second-order valence-corrected chi connectivity index (χ2v) is 13.4. The molecule has 2 atom stereocenters. The van der Waals surface area contributed by atoms with Crippen LogP contribution >= 0.6 is 11.8 Å². The second-order valence-electron chi connectivity index (χ2n) is 10.1. The Morgan fingerprint density at radius 1 is 1.18 bits per heavy atom. The van der Waals surface area contributed by atoms with Crippen molar-refractivity contribution in [3.63, 3.8) is 0 Å². The number of amides is 1. The van der Waals surface area contributed by atoms with Crippen molar-refractivity contribution >= 4 is 39.9 Å². The van der Waals surface area contributed by atoms with E-state index in [4.69, 9.17) is 14.2 Å². The molecule has 0 saturated carbocycles. The van der Waals surface area contributed by atoms with Gasteiger partial charge in [0.05, 0.1) is 25.0 Å². The number of nitrogens with zero attached hydrogens (tertiary/aromatic N) is 3. The highest BCUT2D eigenvalue weighted by Gasteiger charge is 2.49. The Morgan fingerprint density at radius 3 is 2.70 bits per heavy atom. The average molecular weight is 650 g/mol. The number of benzene rings is 2. The molecule has 3 heterocycles. The van der Waals surface area contributed by atoms with Gasteiger partial charge in [-0.1, -0.05) is 24.3 Å². The van der Waals surface area contributed by atoms with Crippen LogP contribution in [0.25, 0.3) is 0 Å². The van der Waals surface area contributed by atoms with Crippen LogP contribution in [-0.4, -0.2) is 86.2 Å². The first kappa shape index (κ1) is 31.6. The lowest BCUT2D eigenvalue weighted by Gasteiger charge is -2.54. The molecule has 2 aromatic carbocycles. The van der Waals surface area contributed by atoms with Gasteiger partial charge in [0, 0.05) is 35.2 Å². The zero-order chi connectivity index (χ0) is 31.6. The SMILES string of the molecule is C/C(OC(=O)OCCS(C)(=O)=O)=C1/C(=O)N2CCOC[C@H]2N([C@@H]2c3ccccc3SCc3c2ccc(F)c3F)N1/C=C\C=O. The van der Waals surface area contributed by atoms with Gasteiger partial charge < -0.3 is 19.1 Å². The summed E-state index contributed by atoms with van der Waals surface area (Å²) in [5.41, 5.74) is 1.15. The second kappa shape index (κ2) is 13.1. The minimum absolute atomic E-state index is 0.0444. The van der Waals surface area contributed by atoms with Crippen LogP contribution in [0.4, 0.5) is 13.6 Å². The number of thioether (sulfide) groups is 1. The fourth-order valence-electron chi connectivity index (χ4n) is 5.35. The van der Waals surface area contributed by atoms with E-state index in [2.05, 4.69) is 0 Å². The molecule has 3 aliphatic heterocycles. The molecule has 0 spiro atoms. The Kier molecular flexibility index (Phi) is 9.39. The molecule has 0 aromatic heterocycles. The minimum atomic E-state index is -3.41. The van der Waals surface area contributed by atoms with E-state index in [9.17, 15) is 27.2 Å². The summed E-state index contributed by atoms with van der Waals surface area (Å²) in [5, 5.41) is 3.08. The Labute approximate surface area is 256 Å². The van der Waals surface area contributed by atoms with Crippen molar-refractivity contribution in [1.82, 2.24) is 14.9 Å². The summed E-state index contributed by atoms with van der Waals surface area (Å²) >= 11 is 1.34. The van der Waals surface area contributed by atoms with Crippen molar-refractivity contribution < 1.29 is 45.8 Å². The number of sulfone groups is 1. The Balaban J connectivity index is 1.67. The summed E-state index contributed by atoms with van der Waals surface area (Å²) in [6, 6.07) is 9.07. The topological polar surface area (TPSA) is 123 Å². The Hall–Kier alpha value is -3.79. The van der Waals surface area contributed by atoms with Crippen LogP contribution in [-0.2, 0) is 39.4 Å². The van der Waals surface area contributed by atoms with Crippen LogP contribution < -0.4 is 0 Å². The van der Waals surface area contributed by atoms with Gasteiger partial charge in [-0.3, -0.25) is 14.6 Å². The molecule has 15 heteroatoms. The number of fused-ring (bicyclic) bond motifs is 3. The van der Waals surface area contributed by atoms with Crippen molar-refractivity contribution in [2.45, 2.75) is 29.8 Å². The summed E-state index contributed by atoms with van der Waals surface area (Å²) in [5.74, 6) is -3.02. The van der Waals surface area contributed by atoms with Gasteiger partial charge in [-0.25, -0.2) is 22.0 Å². The third-order valence-corrected chi connectivity index (χ3v) is 9.30. The summed E-state index contributed by atoms with van der Waals surface area (Å²) in [7, 11) is -3.41. The van der Waals surface area contributed by atoms with E-state index in [0.29, 0.717) is 11.8 Å². The maximum absolute atomic E-state index is 15.4. The van der Waals surface area contributed by atoms with Gasteiger partial charge in [0.15, 0.2) is 27.2 Å². The maximum atomic E-state index is 15.4. The van der Waals surface area contributed by atoms with E-state index >= 15 is 4.39 Å².